The van der Waals surface area contributed by atoms with Crippen LogP contribution >= 0.6 is 0 Å². The molecule has 0 radical (unpaired) electrons. The first kappa shape index (κ1) is 13.2. The van der Waals surface area contributed by atoms with Gasteiger partial charge in [0.2, 0.25) is 0 Å². The molecule has 0 aliphatic heterocycles. The van der Waals surface area contributed by atoms with E-state index in [1.807, 2.05) is 6.07 Å². The van der Waals surface area contributed by atoms with Gasteiger partial charge in [-0.25, -0.2) is 0 Å². The summed E-state index contributed by atoms with van der Waals surface area (Å²) in [4.78, 5) is 0. The number of benzene rings is 1. The topological polar surface area (TPSA) is 52.5 Å². The van der Waals surface area contributed by atoms with Gasteiger partial charge in [0.05, 0.1) is 0 Å². The maximum absolute atomic E-state index is 9.71. The first-order chi connectivity index (χ1) is 8.61. The molecule has 1 saturated carbocycles. The van der Waals surface area contributed by atoms with Crippen LogP contribution in [0, 0.1) is 5.41 Å². The molecule has 100 valence electrons. The van der Waals surface area contributed by atoms with Crippen molar-refractivity contribution in [3.8, 4) is 11.5 Å². The Hall–Kier alpha value is -1.22. The second kappa shape index (κ2) is 5.61. The second-order valence-corrected chi connectivity index (χ2v) is 5.76. The first-order valence-corrected chi connectivity index (χ1v) is 6.81. The van der Waals surface area contributed by atoms with Crippen LogP contribution in [0.15, 0.2) is 18.2 Å². The average Bonchev–Trinajstić information content (AvgIpc) is 2.35. The Balaban J connectivity index is 1.86. The van der Waals surface area contributed by atoms with E-state index in [-0.39, 0.29) is 11.5 Å². The molecule has 0 saturated heterocycles. The highest BCUT2D eigenvalue weighted by molar-refractivity contribution is 5.44. The molecule has 0 atom stereocenters. The minimum atomic E-state index is -0.0434. The summed E-state index contributed by atoms with van der Waals surface area (Å²) in [7, 11) is 0. The van der Waals surface area contributed by atoms with Gasteiger partial charge in [-0.3, -0.25) is 0 Å². The molecule has 1 aromatic rings. The quantitative estimate of drug-likeness (QED) is 0.718. The third-order valence-corrected chi connectivity index (χ3v) is 4.03. The molecule has 1 aliphatic carbocycles. The summed E-state index contributed by atoms with van der Waals surface area (Å²) in [5, 5.41) is 22.5. The fourth-order valence-corrected chi connectivity index (χ4v) is 2.80. The number of phenols is 2. The van der Waals surface area contributed by atoms with E-state index in [0.29, 0.717) is 12.0 Å². The molecule has 0 amide bonds. The van der Waals surface area contributed by atoms with E-state index in [1.54, 1.807) is 6.07 Å². The van der Waals surface area contributed by atoms with Crippen LogP contribution in [0.4, 0.5) is 0 Å². The highest BCUT2D eigenvalue weighted by atomic mass is 16.3. The minimum Gasteiger partial charge on any atom is -0.504 e. The van der Waals surface area contributed by atoms with Gasteiger partial charge in [0.25, 0.3) is 0 Å². The molecule has 1 fully saturated rings. The van der Waals surface area contributed by atoms with Crippen LogP contribution in [0.25, 0.3) is 0 Å². The van der Waals surface area contributed by atoms with Gasteiger partial charge in [0.1, 0.15) is 0 Å². The standard InChI is InChI=1S/C15H23NO2/c1-15(8-3-2-4-9-15)11-16-10-12-6-5-7-13(17)14(12)18/h5-7,16-18H,2-4,8-11H2,1H3. The maximum atomic E-state index is 9.71. The molecular weight excluding hydrogens is 226 g/mol. The van der Waals surface area contributed by atoms with Gasteiger partial charge in [-0.15, -0.1) is 0 Å². The van der Waals surface area contributed by atoms with Crippen LogP contribution in [0.3, 0.4) is 0 Å². The highest BCUT2D eigenvalue weighted by Crippen LogP contribution is 2.35. The molecule has 0 aromatic heterocycles. The molecular formula is C15H23NO2. The number of phenolic OH excluding ortho intramolecular Hbond substituents is 2. The third kappa shape index (κ3) is 3.16. The highest BCUT2D eigenvalue weighted by Gasteiger charge is 2.26. The van der Waals surface area contributed by atoms with Crippen LogP contribution in [-0.4, -0.2) is 16.8 Å². The molecule has 3 N–H and O–H groups in total. The Morgan fingerprint density at radius 3 is 2.61 bits per heavy atom. The second-order valence-electron chi connectivity index (χ2n) is 5.76. The Labute approximate surface area is 109 Å². The molecule has 3 heteroatoms. The fourth-order valence-electron chi connectivity index (χ4n) is 2.80. The summed E-state index contributed by atoms with van der Waals surface area (Å²) in [6, 6.07) is 5.10. The lowest BCUT2D eigenvalue weighted by Crippen LogP contribution is -2.33. The first-order valence-electron chi connectivity index (χ1n) is 6.81. The van der Waals surface area contributed by atoms with Crippen LogP contribution in [0.2, 0.25) is 0 Å². The lowest BCUT2D eigenvalue weighted by Gasteiger charge is -2.33. The number of hydrogen-bond donors (Lipinski definition) is 3. The van der Waals surface area contributed by atoms with Crippen molar-refractivity contribution in [2.45, 2.75) is 45.6 Å². The van der Waals surface area contributed by atoms with Crippen LogP contribution in [0.1, 0.15) is 44.6 Å². The number of hydrogen-bond acceptors (Lipinski definition) is 3. The van der Waals surface area contributed by atoms with E-state index in [1.165, 1.54) is 38.2 Å². The Morgan fingerprint density at radius 2 is 1.89 bits per heavy atom. The smallest absolute Gasteiger partial charge is 0.161 e. The SMILES string of the molecule is CC1(CNCc2cccc(O)c2O)CCCCC1. The van der Waals surface area contributed by atoms with Gasteiger partial charge < -0.3 is 15.5 Å². The zero-order chi connectivity index (χ0) is 13.0. The summed E-state index contributed by atoms with van der Waals surface area (Å²) in [5.74, 6) is -0.0445. The van der Waals surface area contributed by atoms with Crippen LogP contribution in [0.5, 0.6) is 11.5 Å². The summed E-state index contributed by atoms with van der Waals surface area (Å²) in [6.45, 7) is 3.92. The van der Waals surface area contributed by atoms with Gasteiger partial charge in [-0.1, -0.05) is 38.3 Å². The van der Waals surface area contributed by atoms with Crippen LogP contribution < -0.4 is 5.32 Å². The van der Waals surface area contributed by atoms with Crippen molar-refractivity contribution in [2.75, 3.05) is 6.54 Å². The Morgan fingerprint density at radius 1 is 1.17 bits per heavy atom. The molecule has 1 aliphatic rings. The predicted octanol–water partition coefficient (Wildman–Crippen LogP) is 3.16. The van der Waals surface area contributed by atoms with Gasteiger partial charge in [0, 0.05) is 18.7 Å². The third-order valence-electron chi connectivity index (χ3n) is 4.03. The molecule has 18 heavy (non-hydrogen) atoms. The van der Waals surface area contributed by atoms with E-state index < -0.39 is 0 Å². The number of aromatic hydroxyl groups is 2. The van der Waals surface area contributed by atoms with E-state index in [2.05, 4.69) is 12.2 Å². The van der Waals surface area contributed by atoms with Crippen molar-refractivity contribution >= 4 is 0 Å². The van der Waals surface area contributed by atoms with Gasteiger partial charge >= 0.3 is 0 Å². The van der Waals surface area contributed by atoms with Crippen molar-refractivity contribution < 1.29 is 10.2 Å². The molecule has 0 unspecified atom stereocenters. The zero-order valence-electron chi connectivity index (χ0n) is 11.1. The summed E-state index contributed by atoms with van der Waals surface area (Å²) < 4.78 is 0. The van der Waals surface area contributed by atoms with Crippen molar-refractivity contribution in [3.05, 3.63) is 23.8 Å². The summed E-state index contributed by atoms with van der Waals surface area (Å²) in [5.41, 5.74) is 1.15. The number of nitrogens with one attached hydrogen (secondary N) is 1. The number of para-hydroxylation sites is 1. The van der Waals surface area contributed by atoms with E-state index in [4.69, 9.17) is 0 Å². The average molecular weight is 249 g/mol. The lowest BCUT2D eigenvalue weighted by molar-refractivity contribution is 0.207. The monoisotopic (exact) mass is 249 g/mol. The van der Waals surface area contributed by atoms with E-state index in [9.17, 15) is 10.2 Å². The Kier molecular flexibility index (Phi) is 4.12. The van der Waals surface area contributed by atoms with Crippen LogP contribution in [-0.2, 0) is 6.54 Å². The van der Waals surface area contributed by atoms with Gasteiger partial charge in [-0.05, 0) is 24.3 Å². The van der Waals surface area contributed by atoms with E-state index in [0.717, 1.165) is 12.1 Å². The normalized spacial score (nSPS) is 18.7. The van der Waals surface area contributed by atoms with E-state index >= 15 is 0 Å². The van der Waals surface area contributed by atoms with Crippen molar-refractivity contribution in [3.63, 3.8) is 0 Å². The molecule has 2 rings (SSSR count). The molecule has 0 bridgehead atoms. The summed E-state index contributed by atoms with van der Waals surface area (Å²) >= 11 is 0. The van der Waals surface area contributed by atoms with Crippen molar-refractivity contribution in [1.29, 1.82) is 0 Å². The van der Waals surface area contributed by atoms with Gasteiger partial charge in [-0.2, -0.15) is 0 Å². The van der Waals surface area contributed by atoms with Crippen molar-refractivity contribution in [2.24, 2.45) is 5.41 Å². The molecule has 3 nitrogen and oxygen atoms in total. The molecule has 1 aromatic carbocycles. The number of rotatable bonds is 4. The largest absolute Gasteiger partial charge is 0.504 e. The Bertz CT molecular complexity index is 397. The summed E-state index contributed by atoms with van der Waals surface area (Å²) in [6.07, 6.45) is 6.59. The maximum Gasteiger partial charge on any atom is 0.161 e. The minimum absolute atomic E-state index is 0.00111. The predicted molar refractivity (Wildman–Crippen MR) is 72.7 cm³/mol. The fraction of sp³-hybridized carbons (Fsp3) is 0.600. The lowest BCUT2D eigenvalue weighted by atomic mass is 9.76. The zero-order valence-corrected chi connectivity index (χ0v) is 11.1. The molecule has 0 heterocycles. The molecule has 0 spiro atoms. The van der Waals surface area contributed by atoms with Gasteiger partial charge in [0.15, 0.2) is 11.5 Å². The van der Waals surface area contributed by atoms with Crippen molar-refractivity contribution in [1.82, 2.24) is 5.32 Å².